The summed E-state index contributed by atoms with van der Waals surface area (Å²) in [6, 6.07) is 6.34. The SMILES string of the molecule is Cc1nc(NCc2ccc(F)cc2)c2nc[nH]c2n1. The molecule has 2 heterocycles. The molecular formula is C13H12FN5. The minimum Gasteiger partial charge on any atom is -0.364 e. The van der Waals surface area contributed by atoms with E-state index < -0.39 is 0 Å². The number of aromatic nitrogens is 4. The summed E-state index contributed by atoms with van der Waals surface area (Å²) in [5.41, 5.74) is 2.38. The lowest BCUT2D eigenvalue weighted by Crippen LogP contribution is -2.04. The van der Waals surface area contributed by atoms with E-state index >= 15 is 0 Å². The van der Waals surface area contributed by atoms with Crippen molar-refractivity contribution >= 4 is 17.0 Å². The molecule has 0 aliphatic heterocycles. The lowest BCUT2D eigenvalue weighted by molar-refractivity contribution is 0.627. The standard InChI is InChI=1S/C13H12FN5/c1-8-18-12(11-13(19-8)17-7-16-11)15-6-9-2-4-10(14)5-3-9/h2-5,7H,6H2,1H3,(H2,15,16,17,18,19). The van der Waals surface area contributed by atoms with E-state index in [0.717, 1.165) is 5.56 Å². The van der Waals surface area contributed by atoms with E-state index in [2.05, 4.69) is 25.3 Å². The van der Waals surface area contributed by atoms with E-state index in [1.54, 1.807) is 18.5 Å². The molecule has 2 aromatic heterocycles. The first-order valence-corrected chi connectivity index (χ1v) is 5.88. The topological polar surface area (TPSA) is 66.5 Å². The highest BCUT2D eigenvalue weighted by Crippen LogP contribution is 2.17. The maximum Gasteiger partial charge on any atom is 0.163 e. The Morgan fingerprint density at radius 2 is 2.00 bits per heavy atom. The van der Waals surface area contributed by atoms with Crippen LogP contribution in [-0.2, 0) is 6.54 Å². The van der Waals surface area contributed by atoms with Crippen LogP contribution in [0.1, 0.15) is 11.4 Å². The van der Waals surface area contributed by atoms with Gasteiger partial charge in [-0.2, -0.15) is 0 Å². The fraction of sp³-hybridized carbons (Fsp3) is 0.154. The monoisotopic (exact) mass is 257 g/mol. The Labute approximate surface area is 108 Å². The van der Waals surface area contributed by atoms with Gasteiger partial charge in [-0.3, -0.25) is 0 Å². The van der Waals surface area contributed by atoms with Crippen molar-refractivity contribution < 1.29 is 4.39 Å². The molecular weight excluding hydrogens is 245 g/mol. The minimum atomic E-state index is -0.240. The van der Waals surface area contributed by atoms with Crippen LogP contribution in [0.5, 0.6) is 0 Å². The van der Waals surface area contributed by atoms with Gasteiger partial charge in [0.25, 0.3) is 0 Å². The van der Waals surface area contributed by atoms with Crippen LogP contribution in [0, 0.1) is 12.7 Å². The van der Waals surface area contributed by atoms with Gasteiger partial charge in [-0.25, -0.2) is 19.3 Å². The number of halogens is 1. The van der Waals surface area contributed by atoms with E-state index in [0.29, 0.717) is 29.4 Å². The Morgan fingerprint density at radius 1 is 1.21 bits per heavy atom. The molecule has 0 spiro atoms. The summed E-state index contributed by atoms with van der Waals surface area (Å²) >= 11 is 0. The molecule has 6 heteroatoms. The number of rotatable bonds is 3. The fourth-order valence-electron chi connectivity index (χ4n) is 1.86. The van der Waals surface area contributed by atoms with Crippen molar-refractivity contribution in [3.63, 3.8) is 0 Å². The van der Waals surface area contributed by atoms with Gasteiger partial charge in [0.2, 0.25) is 0 Å². The number of nitrogens with one attached hydrogen (secondary N) is 2. The Balaban J connectivity index is 1.85. The van der Waals surface area contributed by atoms with E-state index in [1.807, 2.05) is 6.92 Å². The van der Waals surface area contributed by atoms with Crippen molar-refractivity contribution in [3.05, 3.63) is 47.8 Å². The molecule has 2 N–H and O–H groups in total. The Morgan fingerprint density at radius 3 is 2.79 bits per heavy atom. The van der Waals surface area contributed by atoms with Gasteiger partial charge >= 0.3 is 0 Å². The number of anilines is 1. The third kappa shape index (κ3) is 2.37. The first kappa shape index (κ1) is 11.6. The van der Waals surface area contributed by atoms with Gasteiger partial charge in [-0.15, -0.1) is 0 Å². The summed E-state index contributed by atoms with van der Waals surface area (Å²) in [6.45, 7) is 2.38. The fourth-order valence-corrected chi connectivity index (χ4v) is 1.86. The average molecular weight is 257 g/mol. The number of H-pyrrole nitrogens is 1. The molecule has 3 rings (SSSR count). The zero-order valence-electron chi connectivity index (χ0n) is 10.3. The minimum absolute atomic E-state index is 0.240. The maximum absolute atomic E-state index is 12.8. The van der Waals surface area contributed by atoms with Crippen molar-refractivity contribution in [1.29, 1.82) is 0 Å². The van der Waals surface area contributed by atoms with Crippen LogP contribution in [0.2, 0.25) is 0 Å². The number of hydrogen-bond donors (Lipinski definition) is 2. The predicted molar refractivity (Wildman–Crippen MR) is 70.1 cm³/mol. The predicted octanol–water partition coefficient (Wildman–Crippen LogP) is 2.41. The molecule has 96 valence electrons. The molecule has 0 radical (unpaired) electrons. The second-order valence-electron chi connectivity index (χ2n) is 4.20. The van der Waals surface area contributed by atoms with Crippen LogP contribution < -0.4 is 5.32 Å². The summed E-state index contributed by atoms with van der Waals surface area (Å²) < 4.78 is 12.8. The quantitative estimate of drug-likeness (QED) is 0.756. The van der Waals surface area contributed by atoms with Crippen molar-refractivity contribution in [1.82, 2.24) is 19.9 Å². The molecule has 0 unspecified atom stereocenters. The average Bonchev–Trinajstić information content (AvgIpc) is 2.85. The van der Waals surface area contributed by atoms with Gasteiger partial charge in [-0.05, 0) is 24.6 Å². The molecule has 19 heavy (non-hydrogen) atoms. The van der Waals surface area contributed by atoms with Gasteiger partial charge in [0.1, 0.15) is 17.2 Å². The molecule has 0 fully saturated rings. The van der Waals surface area contributed by atoms with Gasteiger partial charge < -0.3 is 10.3 Å². The van der Waals surface area contributed by atoms with Gasteiger partial charge in [0.15, 0.2) is 11.5 Å². The van der Waals surface area contributed by atoms with E-state index in [9.17, 15) is 4.39 Å². The Kier molecular flexibility index (Phi) is 2.83. The third-order valence-electron chi connectivity index (χ3n) is 2.76. The second kappa shape index (κ2) is 4.64. The van der Waals surface area contributed by atoms with Crippen LogP contribution in [-0.4, -0.2) is 19.9 Å². The van der Waals surface area contributed by atoms with Crippen LogP contribution in [0.3, 0.4) is 0 Å². The molecule has 0 aliphatic rings. The van der Waals surface area contributed by atoms with E-state index in [1.165, 1.54) is 12.1 Å². The van der Waals surface area contributed by atoms with Crippen LogP contribution in [0.15, 0.2) is 30.6 Å². The first-order valence-electron chi connectivity index (χ1n) is 5.88. The molecule has 0 saturated heterocycles. The van der Waals surface area contributed by atoms with Crippen LogP contribution in [0.25, 0.3) is 11.2 Å². The van der Waals surface area contributed by atoms with Crippen LogP contribution in [0.4, 0.5) is 10.2 Å². The van der Waals surface area contributed by atoms with Gasteiger partial charge in [0.05, 0.1) is 6.33 Å². The zero-order valence-corrected chi connectivity index (χ0v) is 10.3. The van der Waals surface area contributed by atoms with Crippen molar-refractivity contribution in [2.24, 2.45) is 0 Å². The number of benzene rings is 1. The molecule has 0 amide bonds. The molecule has 0 atom stereocenters. The lowest BCUT2D eigenvalue weighted by Gasteiger charge is -2.06. The molecule has 5 nitrogen and oxygen atoms in total. The third-order valence-corrected chi connectivity index (χ3v) is 2.76. The Bertz CT molecular complexity index is 705. The summed E-state index contributed by atoms with van der Waals surface area (Å²) in [7, 11) is 0. The number of aromatic amines is 1. The zero-order chi connectivity index (χ0) is 13.2. The molecule has 3 aromatic rings. The highest BCUT2D eigenvalue weighted by atomic mass is 19.1. The summed E-state index contributed by atoms with van der Waals surface area (Å²) in [5, 5.41) is 3.19. The smallest absolute Gasteiger partial charge is 0.163 e. The number of nitrogens with zero attached hydrogens (tertiary/aromatic N) is 3. The number of fused-ring (bicyclic) bond motifs is 1. The summed E-state index contributed by atoms with van der Waals surface area (Å²) in [4.78, 5) is 15.7. The number of imidazole rings is 1. The second-order valence-corrected chi connectivity index (χ2v) is 4.20. The largest absolute Gasteiger partial charge is 0.364 e. The highest BCUT2D eigenvalue weighted by molar-refractivity contribution is 5.82. The number of aryl methyl sites for hydroxylation is 1. The van der Waals surface area contributed by atoms with Crippen molar-refractivity contribution in [3.8, 4) is 0 Å². The van der Waals surface area contributed by atoms with Crippen LogP contribution >= 0.6 is 0 Å². The summed E-state index contributed by atoms with van der Waals surface area (Å²) in [5.74, 6) is 1.10. The lowest BCUT2D eigenvalue weighted by atomic mass is 10.2. The maximum atomic E-state index is 12.8. The first-order chi connectivity index (χ1) is 9.22. The molecule has 0 bridgehead atoms. The molecule has 0 aliphatic carbocycles. The molecule has 1 aromatic carbocycles. The Hall–Kier alpha value is -2.50. The number of hydrogen-bond acceptors (Lipinski definition) is 4. The van der Waals surface area contributed by atoms with Gasteiger partial charge in [-0.1, -0.05) is 12.1 Å². The highest BCUT2D eigenvalue weighted by Gasteiger charge is 2.07. The normalized spacial score (nSPS) is 10.8. The van der Waals surface area contributed by atoms with E-state index in [-0.39, 0.29) is 5.82 Å². The van der Waals surface area contributed by atoms with Gasteiger partial charge in [0, 0.05) is 6.54 Å². The van der Waals surface area contributed by atoms with Crippen molar-refractivity contribution in [2.45, 2.75) is 13.5 Å². The van der Waals surface area contributed by atoms with E-state index in [4.69, 9.17) is 0 Å². The summed E-state index contributed by atoms with van der Waals surface area (Å²) in [6.07, 6.45) is 1.59. The molecule has 0 saturated carbocycles. The van der Waals surface area contributed by atoms with Crippen molar-refractivity contribution in [2.75, 3.05) is 5.32 Å².